The average molecular weight is 385 g/mol. The van der Waals surface area contributed by atoms with Gasteiger partial charge in [-0.15, -0.1) is 16.4 Å². The van der Waals surface area contributed by atoms with Gasteiger partial charge in [0.05, 0.1) is 26.3 Å². The Morgan fingerprint density at radius 1 is 1.46 bits per heavy atom. The highest BCUT2D eigenvalue weighted by Crippen LogP contribution is 2.41. The lowest BCUT2D eigenvalue weighted by atomic mass is 9.81. The third-order valence-electron chi connectivity index (χ3n) is 3.80. The van der Waals surface area contributed by atoms with Gasteiger partial charge in [-0.25, -0.2) is 5.48 Å². The molecule has 2 aromatic heterocycles. The number of thiophene rings is 1. The van der Waals surface area contributed by atoms with Crippen LogP contribution in [0.1, 0.15) is 34.7 Å². The molecule has 3 rings (SSSR count). The van der Waals surface area contributed by atoms with Gasteiger partial charge in [-0.05, 0) is 42.9 Å². The summed E-state index contributed by atoms with van der Waals surface area (Å²) in [5.41, 5.74) is 11.6. The van der Waals surface area contributed by atoms with E-state index in [-0.39, 0.29) is 11.9 Å². The van der Waals surface area contributed by atoms with Crippen LogP contribution < -0.4 is 11.2 Å². The fourth-order valence-electron chi connectivity index (χ4n) is 2.78. The van der Waals surface area contributed by atoms with Gasteiger partial charge in [0.1, 0.15) is 0 Å². The van der Waals surface area contributed by atoms with Gasteiger partial charge < -0.3 is 5.73 Å². The number of hydrogen-bond acceptors (Lipinski definition) is 6. The van der Waals surface area contributed by atoms with E-state index in [4.69, 9.17) is 34.1 Å². The summed E-state index contributed by atoms with van der Waals surface area (Å²) in [4.78, 5) is 0. The lowest BCUT2D eigenvalue weighted by Crippen LogP contribution is -2.28. The van der Waals surface area contributed by atoms with Crippen LogP contribution in [0.3, 0.4) is 0 Å². The standard InChI is InChI=1S/C14H14Cl2N6OS/c1-6-5-18-19-9-2-7(8-4-11(15)24-13(8)16)3-10(12(6)9)20-21-14(17)22-23/h4-5,7,23H,2-3H2,1H3,(H3,17,21,22)/b20-10+. The lowest BCUT2D eigenvalue weighted by Gasteiger charge is -2.25. The summed E-state index contributed by atoms with van der Waals surface area (Å²) in [5.74, 6) is -0.121. The summed E-state index contributed by atoms with van der Waals surface area (Å²) in [6, 6.07) is 1.87. The number of hydrogen-bond donors (Lipinski definition) is 3. The molecule has 0 fully saturated rings. The number of hydroxylamine groups is 1. The number of rotatable bonds is 2. The molecule has 1 atom stereocenters. The molecule has 0 saturated heterocycles. The van der Waals surface area contributed by atoms with Crippen molar-refractivity contribution in [2.24, 2.45) is 15.9 Å². The predicted octanol–water partition coefficient (Wildman–Crippen LogP) is 2.88. The SMILES string of the molecule is Cc1cnnc2c1/C(=N/N=C(\N)NO)CC(c1cc(Cl)sc1Cl)C2. The number of nitrogens with two attached hydrogens (primary N) is 1. The van der Waals surface area contributed by atoms with E-state index < -0.39 is 0 Å². The van der Waals surface area contributed by atoms with Gasteiger partial charge in [-0.3, -0.25) is 5.21 Å². The van der Waals surface area contributed by atoms with E-state index >= 15 is 0 Å². The molecule has 0 spiro atoms. The van der Waals surface area contributed by atoms with E-state index in [1.165, 1.54) is 11.3 Å². The summed E-state index contributed by atoms with van der Waals surface area (Å²) >= 11 is 13.7. The van der Waals surface area contributed by atoms with E-state index in [0.29, 0.717) is 27.2 Å². The smallest absolute Gasteiger partial charge is 0.237 e. The Hall–Kier alpha value is -1.74. The fraction of sp³-hybridized carbons (Fsp3) is 0.286. The van der Waals surface area contributed by atoms with Gasteiger partial charge in [0.25, 0.3) is 0 Å². The van der Waals surface area contributed by atoms with Gasteiger partial charge in [-0.2, -0.15) is 15.3 Å². The molecule has 0 saturated carbocycles. The van der Waals surface area contributed by atoms with Crippen LogP contribution in [0.5, 0.6) is 0 Å². The van der Waals surface area contributed by atoms with E-state index in [1.54, 1.807) is 11.7 Å². The first-order chi connectivity index (χ1) is 11.5. The highest BCUT2D eigenvalue weighted by molar-refractivity contribution is 7.20. The summed E-state index contributed by atoms with van der Waals surface area (Å²) < 4.78 is 1.30. The Balaban J connectivity index is 2.06. The van der Waals surface area contributed by atoms with Crippen molar-refractivity contribution in [1.29, 1.82) is 0 Å². The monoisotopic (exact) mass is 384 g/mol. The molecule has 0 radical (unpaired) electrons. The Morgan fingerprint density at radius 2 is 2.25 bits per heavy atom. The van der Waals surface area contributed by atoms with Gasteiger partial charge in [0, 0.05) is 5.56 Å². The highest BCUT2D eigenvalue weighted by atomic mass is 35.5. The van der Waals surface area contributed by atoms with Crippen LogP contribution in [-0.4, -0.2) is 27.1 Å². The zero-order chi connectivity index (χ0) is 17.3. The first-order valence-corrected chi connectivity index (χ1v) is 8.63. The second-order valence-corrected chi connectivity index (χ2v) is 7.66. The van der Waals surface area contributed by atoms with Crippen molar-refractivity contribution in [1.82, 2.24) is 15.7 Å². The summed E-state index contributed by atoms with van der Waals surface area (Å²) in [5, 5.41) is 25.0. The molecule has 10 heteroatoms. The minimum Gasteiger partial charge on any atom is -0.367 e. The lowest BCUT2D eigenvalue weighted by molar-refractivity contribution is 0.232. The maximum atomic E-state index is 8.76. The molecular weight excluding hydrogens is 371 g/mol. The third kappa shape index (κ3) is 3.36. The molecule has 4 N–H and O–H groups in total. The van der Waals surface area contributed by atoms with Gasteiger partial charge in [0.2, 0.25) is 5.96 Å². The van der Waals surface area contributed by atoms with Crippen LogP contribution in [0.2, 0.25) is 8.67 Å². The first-order valence-electron chi connectivity index (χ1n) is 7.06. The van der Waals surface area contributed by atoms with Crippen molar-refractivity contribution in [3.05, 3.63) is 43.3 Å². The molecule has 0 bridgehead atoms. The van der Waals surface area contributed by atoms with E-state index in [2.05, 4.69) is 20.4 Å². The van der Waals surface area contributed by atoms with Gasteiger partial charge >= 0.3 is 0 Å². The minimum absolute atomic E-state index is 0.0714. The summed E-state index contributed by atoms with van der Waals surface area (Å²) in [7, 11) is 0. The van der Waals surface area contributed by atoms with Crippen LogP contribution >= 0.6 is 34.5 Å². The van der Waals surface area contributed by atoms with Crippen molar-refractivity contribution in [2.75, 3.05) is 0 Å². The van der Waals surface area contributed by atoms with Crippen molar-refractivity contribution in [3.8, 4) is 0 Å². The average Bonchev–Trinajstić information content (AvgIpc) is 2.90. The predicted molar refractivity (Wildman–Crippen MR) is 95.3 cm³/mol. The first kappa shape index (κ1) is 17.1. The van der Waals surface area contributed by atoms with Gasteiger partial charge in [0.15, 0.2) is 0 Å². The van der Waals surface area contributed by atoms with Crippen molar-refractivity contribution < 1.29 is 5.21 Å². The Labute approximate surface area is 152 Å². The molecule has 0 amide bonds. The maximum absolute atomic E-state index is 8.76. The highest BCUT2D eigenvalue weighted by Gasteiger charge is 2.30. The molecule has 0 aromatic carbocycles. The molecule has 7 nitrogen and oxygen atoms in total. The number of halogens is 2. The number of aromatic nitrogens is 2. The molecule has 0 aliphatic heterocycles. The van der Waals surface area contributed by atoms with Crippen molar-refractivity contribution in [2.45, 2.75) is 25.7 Å². The van der Waals surface area contributed by atoms with Crippen molar-refractivity contribution >= 4 is 46.2 Å². The topological polar surface area (TPSA) is 109 Å². The normalized spacial score (nSPS) is 19.4. The Morgan fingerprint density at radius 3 is 2.92 bits per heavy atom. The maximum Gasteiger partial charge on any atom is 0.237 e. The second kappa shape index (κ2) is 7.02. The van der Waals surface area contributed by atoms with Crippen LogP contribution in [0.15, 0.2) is 22.5 Å². The van der Waals surface area contributed by atoms with E-state index in [0.717, 1.165) is 22.4 Å². The molecule has 1 unspecified atom stereocenters. The van der Waals surface area contributed by atoms with Crippen LogP contribution in [0.25, 0.3) is 0 Å². The molecular formula is C14H14Cl2N6OS. The molecule has 1 aliphatic carbocycles. The van der Waals surface area contributed by atoms with Crippen LogP contribution in [0, 0.1) is 6.92 Å². The molecule has 24 heavy (non-hydrogen) atoms. The molecule has 126 valence electrons. The molecule has 2 heterocycles. The zero-order valence-electron chi connectivity index (χ0n) is 12.6. The third-order valence-corrected chi connectivity index (χ3v) is 5.31. The van der Waals surface area contributed by atoms with Crippen LogP contribution in [-0.2, 0) is 6.42 Å². The number of nitrogens with one attached hydrogen (secondary N) is 1. The minimum atomic E-state index is -0.192. The largest absolute Gasteiger partial charge is 0.367 e. The molecule has 1 aliphatic rings. The zero-order valence-corrected chi connectivity index (χ0v) is 15.0. The van der Waals surface area contributed by atoms with Crippen molar-refractivity contribution in [3.63, 3.8) is 0 Å². The van der Waals surface area contributed by atoms with E-state index in [9.17, 15) is 0 Å². The van der Waals surface area contributed by atoms with E-state index in [1.807, 2.05) is 13.0 Å². The molecule has 2 aromatic rings. The Bertz CT molecular complexity index is 835. The Kier molecular flexibility index (Phi) is 5.00. The number of aryl methyl sites for hydroxylation is 1. The number of fused-ring (bicyclic) bond motifs is 1. The second-order valence-electron chi connectivity index (χ2n) is 5.38. The summed E-state index contributed by atoms with van der Waals surface area (Å²) in [6.07, 6.45) is 2.97. The van der Waals surface area contributed by atoms with Crippen LogP contribution in [0.4, 0.5) is 0 Å². The summed E-state index contributed by atoms with van der Waals surface area (Å²) in [6.45, 7) is 1.94. The number of guanidine groups is 1. The number of nitrogens with zero attached hydrogens (tertiary/aromatic N) is 4. The fourth-order valence-corrected chi connectivity index (χ4v) is 4.41. The quantitative estimate of drug-likeness (QED) is 0.419. The van der Waals surface area contributed by atoms with Gasteiger partial charge in [-0.1, -0.05) is 23.2 Å².